The Labute approximate surface area is 92.6 Å². The molecule has 1 N–H and O–H groups in total. The predicted octanol–water partition coefficient (Wildman–Crippen LogP) is 2.06. The molecule has 1 rings (SSSR count). The Balaban J connectivity index is 2.94. The summed E-state index contributed by atoms with van der Waals surface area (Å²) in [7, 11) is 0. The number of aliphatic hydroxyl groups excluding tert-OH is 1. The summed E-state index contributed by atoms with van der Waals surface area (Å²) in [6, 6.07) is 2.62. The monoisotopic (exact) mass is 230 g/mol. The van der Waals surface area contributed by atoms with Crippen LogP contribution < -0.4 is 0 Å². The topological polar surface area (TPSA) is 45.5 Å². The van der Waals surface area contributed by atoms with Crippen molar-refractivity contribution in [2.75, 3.05) is 6.54 Å². The maximum absolute atomic E-state index is 13.3. The van der Waals surface area contributed by atoms with Crippen molar-refractivity contribution < 1.29 is 9.50 Å². The number of aliphatic imine (C=N–C) groups is 1. The van der Waals surface area contributed by atoms with Gasteiger partial charge in [-0.25, -0.2) is 9.37 Å². The van der Waals surface area contributed by atoms with Crippen LogP contribution in [0.15, 0.2) is 17.1 Å². The Morgan fingerprint density at radius 1 is 1.67 bits per heavy atom. The number of nitrogens with zero attached hydrogens (tertiary/aromatic N) is 2. The van der Waals surface area contributed by atoms with E-state index in [4.69, 9.17) is 16.7 Å². The van der Waals surface area contributed by atoms with E-state index in [9.17, 15) is 4.39 Å². The molecule has 0 unspecified atom stereocenters. The van der Waals surface area contributed by atoms with Gasteiger partial charge in [-0.15, -0.1) is 0 Å². The standard InChI is InChI=1S/C10H12ClFN2O/c1-6(15)5-13-7(2)10-8(12)3-4-9(11)14-10/h3-4,6,15H,5H2,1-2H3/t6-/m1/s1. The first-order chi connectivity index (χ1) is 7.00. The van der Waals surface area contributed by atoms with Crippen LogP contribution in [0, 0.1) is 5.82 Å². The van der Waals surface area contributed by atoms with Gasteiger partial charge in [-0.3, -0.25) is 4.99 Å². The van der Waals surface area contributed by atoms with Gasteiger partial charge in [0.05, 0.1) is 18.4 Å². The summed E-state index contributed by atoms with van der Waals surface area (Å²) in [5.74, 6) is -0.466. The first kappa shape index (κ1) is 12.1. The van der Waals surface area contributed by atoms with Crippen LogP contribution in [0.5, 0.6) is 0 Å². The molecule has 0 fully saturated rings. The lowest BCUT2D eigenvalue weighted by molar-refractivity contribution is 0.204. The highest BCUT2D eigenvalue weighted by Gasteiger charge is 2.08. The van der Waals surface area contributed by atoms with Crippen LogP contribution in [0.25, 0.3) is 0 Å². The summed E-state index contributed by atoms with van der Waals surface area (Å²) in [6.07, 6.45) is -0.554. The predicted molar refractivity (Wildman–Crippen MR) is 58.0 cm³/mol. The second-order valence-corrected chi connectivity index (χ2v) is 3.63. The molecule has 0 aromatic carbocycles. The zero-order valence-corrected chi connectivity index (χ0v) is 9.29. The van der Waals surface area contributed by atoms with E-state index in [0.29, 0.717) is 5.71 Å². The molecule has 1 aromatic rings. The van der Waals surface area contributed by atoms with Crippen molar-refractivity contribution in [3.8, 4) is 0 Å². The van der Waals surface area contributed by atoms with Gasteiger partial charge in [-0.05, 0) is 26.0 Å². The molecule has 1 heterocycles. The third-order valence-electron chi connectivity index (χ3n) is 1.75. The first-order valence-corrected chi connectivity index (χ1v) is 4.90. The van der Waals surface area contributed by atoms with Gasteiger partial charge in [0.15, 0.2) is 5.82 Å². The van der Waals surface area contributed by atoms with E-state index in [-0.39, 0.29) is 17.4 Å². The SMILES string of the molecule is CC(=NC[C@@H](C)O)c1nc(Cl)ccc1F. The van der Waals surface area contributed by atoms with Gasteiger partial charge < -0.3 is 5.11 Å². The molecule has 1 aromatic heterocycles. The van der Waals surface area contributed by atoms with E-state index < -0.39 is 11.9 Å². The number of aliphatic hydroxyl groups is 1. The molecule has 0 aliphatic rings. The minimum Gasteiger partial charge on any atom is -0.391 e. The molecule has 82 valence electrons. The zero-order chi connectivity index (χ0) is 11.4. The normalized spacial score (nSPS) is 14.1. The molecule has 0 aliphatic heterocycles. The van der Waals surface area contributed by atoms with Crippen molar-refractivity contribution in [1.82, 2.24) is 4.98 Å². The second-order valence-electron chi connectivity index (χ2n) is 3.24. The van der Waals surface area contributed by atoms with Crippen molar-refractivity contribution >= 4 is 17.3 Å². The van der Waals surface area contributed by atoms with Gasteiger partial charge in [-0.1, -0.05) is 11.6 Å². The van der Waals surface area contributed by atoms with Gasteiger partial charge in [-0.2, -0.15) is 0 Å². The highest BCUT2D eigenvalue weighted by Crippen LogP contribution is 2.11. The van der Waals surface area contributed by atoms with Crippen LogP contribution in [0.2, 0.25) is 5.15 Å². The number of halogens is 2. The number of rotatable bonds is 3. The van der Waals surface area contributed by atoms with Gasteiger partial charge in [0, 0.05) is 0 Å². The van der Waals surface area contributed by atoms with E-state index in [1.807, 2.05) is 0 Å². The minimum atomic E-state index is -0.554. The molecule has 15 heavy (non-hydrogen) atoms. The summed E-state index contributed by atoms with van der Waals surface area (Å²) in [5, 5.41) is 9.25. The average molecular weight is 231 g/mol. The van der Waals surface area contributed by atoms with Crippen molar-refractivity contribution in [1.29, 1.82) is 0 Å². The summed E-state index contributed by atoms with van der Waals surface area (Å²) >= 11 is 5.64. The van der Waals surface area contributed by atoms with Gasteiger partial charge in [0.2, 0.25) is 0 Å². The maximum Gasteiger partial charge on any atom is 0.150 e. The third kappa shape index (κ3) is 3.57. The van der Waals surface area contributed by atoms with Crippen LogP contribution >= 0.6 is 11.6 Å². The Morgan fingerprint density at radius 3 is 2.93 bits per heavy atom. The van der Waals surface area contributed by atoms with E-state index in [1.54, 1.807) is 13.8 Å². The largest absolute Gasteiger partial charge is 0.391 e. The fourth-order valence-corrected chi connectivity index (χ4v) is 1.16. The first-order valence-electron chi connectivity index (χ1n) is 4.52. The molecule has 0 bridgehead atoms. The van der Waals surface area contributed by atoms with E-state index in [0.717, 1.165) is 0 Å². The van der Waals surface area contributed by atoms with Gasteiger partial charge >= 0.3 is 0 Å². The Hall–Kier alpha value is -1.00. The lowest BCUT2D eigenvalue weighted by atomic mass is 10.2. The van der Waals surface area contributed by atoms with Crippen LogP contribution in [-0.2, 0) is 0 Å². The molecule has 3 nitrogen and oxygen atoms in total. The lowest BCUT2D eigenvalue weighted by Crippen LogP contribution is -2.09. The summed E-state index contributed by atoms with van der Waals surface area (Å²) in [6.45, 7) is 3.46. The molecular formula is C10H12ClFN2O. The molecule has 0 radical (unpaired) electrons. The number of hydrogen-bond donors (Lipinski definition) is 1. The summed E-state index contributed by atoms with van der Waals surface area (Å²) in [4.78, 5) is 7.83. The number of aromatic nitrogens is 1. The average Bonchev–Trinajstić information content (AvgIpc) is 2.18. The smallest absolute Gasteiger partial charge is 0.150 e. The van der Waals surface area contributed by atoms with Crippen LogP contribution in [0.3, 0.4) is 0 Å². The highest BCUT2D eigenvalue weighted by molar-refractivity contribution is 6.29. The Kier molecular flexibility index (Phi) is 4.17. The summed E-state index contributed by atoms with van der Waals surface area (Å²) < 4.78 is 13.3. The molecule has 1 atom stereocenters. The van der Waals surface area contributed by atoms with Crippen molar-refractivity contribution in [2.24, 2.45) is 4.99 Å². The van der Waals surface area contributed by atoms with Crippen molar-refractivity contribution in [3.63, 3.8) is 0 Å². The highest BCUT2D eigenvalue weighted by atomic mass is 35.5. The van der Waals surface area contributed by atoms with Crippen molar-refractivity contribution in [3.05, 3.63) is 28.8 Å². The van der Waals surface area contributed by atoms with E-state index in [1.165, 1.54) is 12.1 Å². The zero-order valence-electron chi connectivity index (χ0n) is 8.54. The molecule has 5 heteroatoms. The fraction of sp³-hybridized carbons (Fsp3) is 0.400. The van der Waals surface area contributed by atoms with Gasteiger partial charge in [0.1, 0.15) is 10.8 Å². The minimum absolute atomic E-state index is 0.128. The van der Waals surface area contributed by atoms with E-state index >= 15 is 0 Å². The number of hydrogen-bond acceptors (Lipinski definition) is 3. The molecular weight excluding hydrogens is 219 g/mol. The maximum atomic E-state index is 13.3. The van der Waals surface area contributed by atoms with Crippen molar-refractivity contribution in [2.45, 2.75) is 20.0 Å². The molecule has 0 spiro atoms. The quantitative estimate of drug-likeness (QED) is 0.638. The lowest BCUT2D eigenvalue weighted by Gasteiger charge is -2.03. The summed E-state index contributed by atoms with van der Waals surface area (Å²) in [5.41, 5.74) is 0.555. The second kappa shape index (κ2) is 5.19. The van der Waals surface area contributed by atoms with Crippen LogP contribution in [0.4, 0.5) is 4.39 Å². The van der Waals surface area contributed by atoms with E-state index in [2.05, 4.69) is 9.98 Å². The number of pyridine rings is 1. The molecule has 0 aliphatic carbocycles. The Morgan fingerprint density at radius 2 is 2.33 bits per heavy atom. The third-order valence-corrected chi connectivity index (χ3v) is 1.96. The van der Waals surface area contributed by atoms with Gasteiger partial charge in [0.25, 0.3) is 0 Å². The molecule has 0 amide bonds. The van der Waals surface area contributed by atoms with Crippen LogP contribution in [-0.4, -0.2) is 28.5 Å². The fourth-order valence-electron chi connectivity index (χ4n) is 1.02. The molecule has 0 saturated heterocycles. The Bertz CT molecular complexity index is 380. The molecule has 0 saturated carbocycles. The van der Waals surface area contributed by atoms with Crippen LogP contribution in [0.1, 0.15) is 19.5 Å².